The summed E-state index contributed by atoms with van der Waals surface area (Å²) < 4.78 is 5.11. The molecule has 6 heteroatoms. The van der Waals surface area contributed by atoms with Gasteiger partial charge in [-0.25, -0.2) is 0 Å². The molecule has 1 aromatic heterocycles. The molecule has 2 N–H and O–H groups in total. The summed E-state index contributed by atoms with van der Waals surface area (Å²) in [7, 11) is 0. The first kappa shape index (κ1) is 12.8. The minimum Gasteiger partial charge on any atom is -0.504 e. The zero-order valence-electron chi connectivity index (χ0n) is 9.96. The Kier molecular flexibility index (Phi) is 4.09. The maximum atomic E-state index is 9.40. The molecule has 0 spiro atoms. The van der Waals surface area contributed by atoms with Crippen LogP contribution in [0, 0.1) is 0 Å². The fraction of sp³-hybridized carbons (Fsp3) is 0.333. The van der Waals surface area contributed by atoms with Gasteiger partial charge in [-0.1, -0.05) is 12.1 Å². The fourth-order valence-electron chi connectivity index (χ4n) is 1.39. The largest absolute Gasteiger partial charge is 0.504 e. The summed E-state index contributed by atoms with van der Waals surface area (Å²) in [5.74, 6) is 2.38. The molecule has 0 amide bonds. The number of hydrogen-bond donors (Lipinski definition) is 2. The van der Waals surface area contributed by atoms with Crippen molar-refractivity contribution in [1.29, 1.82) is 0 Å². The summed E-state index contributed by atoms with van der Waals surface area (Å²) in [6, 6.07) is 4.40. The number of hydrogen-bond acceptors (Lipinski definition) is 6. The summed E-state index contributed by atoms with van der Waals surface area (Å²) >= 11 is 1.75. The lowest BCUT2D eigenvalue weighted by atomic mass is 10.2. The molecule has 0 atom stereocenters. The highest BCUT2D eigenvalue weighted by molar-refractivity contribution is 7.98. The lowest BCUT2D eigenvalue weighted by Crippen LogP contribution is -1.85. The van der Waals surface area contributed by atoms with Crippen molar-refractivity contribution in [2.24, 2.45) is 0 Å². The SMILES string of the molecule is CCCSCc1noc(-c2ccc(O)c(O)c2)n1. The topological polar surface area (TPSA) is 79.4 Å². The first-order chi connectivity index (χ1) is 8.70. The van der Waals surface area contributed by atoms with Crippen LogP contribution in [-0.2, 0) is 5.75 Å². The van der Waals surface area contributed by atoms with Gasteiger partial charge in [0.25, 0.3) is 5.89 Å². The maximum Gasteiger partial charge on any atom is 0.258 e. The Labute approximate surface area is 109 Å². The van der Waals surface area contributed by atoms with Crippen LogP contribution in [0.5, 0.6) is 11.5 Å². The molecule has 0 aliphatic heterocycles. The van der Waals surface area contributed by atoms with Gasteiger partial charge in [0.05, 0.1) is 5.75 Å². The molecule has 0 radical (unpaired) electrons. The quantitative estimate of drug-likeness (QED) is 0.640. The lowest BCUT2D eigenvalue weighted by molar-refractivity contribution is 0.402. The first-order valence-corrected chi connectivity index (χ1v) is 6.79. The van der Waals surface area contributed by atoms with Gasteiger partial charge in [0.15, 0.2) is 17.3 Å². The lowest BCUT2D eigenvalue weighted by Gasteiger charge is -1.98. The third-order valence-corrected chi connectivity index (χ3v) is 3.43. The van der Waals surface area contributed by atoms with E-state index < -0.39 is 0 Å². The number of benzene rings is 1. The number of nitrogens with zero attached hydrogens (tertiary/aromatic N) is 2. The van der Waals surface area contributed by atoms with Crippen LogP contribution in [0.4, 0.5) is 0 Å². The van der Waals surface area contributed by atoms with E-state index in [0.717, 1.165) is 12.2 Å². The normalized spacial score (nSPS) is 10.7. The first-order valence-electron chi connectivity index (χ1n) is 5.63. The van der Waals surface area contributed by atoms with Gasteiger partial charge in [-0.3, -0.25) is 0 Å². The van der Waals surface area contributed by atoms with Crippen molar-refractivity contribution in [3.8, 4) is 23.0 Å². The van der Waals surface area contributed by atoms with Gasteiger partial charge in [-0.15, -0.1) is 0 Å². The molecular weight excluding hydrogens is 252 g/mol. The van der Waals surface area contributed by atoms with E-state index in [2.05, 4.69) is 17.1 Å². The van der Waals surface area contributed by atoms with E-state index >= 15 is 0 Å². The third kappa shape index (κ3) is 2.95. The molecule has 1 aromatic carbocycles. The predicted molar refractivity (Wildman–Crippen MR) is 69.5 cm³/mol. The third-order valence-electron chi connectivity index (χ3n) is 2.27. The minimum atomic E-state index is -0.201. The van der Waals surface area contributed by atoms with Crippen molar-refractivity contribution in [3.63, 3.8) is 0 Å². The number of aromatic nitrogens is 2. The van der Waals surface area contributed by atoms with Crippen LogP contribution in [0.25, 0.3) is 11.5 Å². The molecule has 0 saturated carbocycles. The van der Waals surface area contributed by atoms with Crippen molar-refractivity contribution in [2.45, 2.75) is 19.1 Å². The van der Waals surface area contributed by atoms with Crippen LogP contribution in [0.3, 0.4) is 0 Å². The Hall–Kier alpha value is -1.69. The average Bonchev–Trinajstić information content (AvgIpc) is 2.82. The number of thioether (sulfide) groups is 1. The molecule has 0 saturated heterocycles. The highest BCUT2D eigenvalue weighted by atomic mass is 32.2. The van der Waals surface area contributed by atoms with Crippen molar-refractivity contribution in [2.75, 3.05) is 5.75 Å². The van der Waals surface area contributed by atoms with Crippen molar-refractivity contribution in [3.05, 3.63) is 24.0 Å². The van der Waals surface area contributed by atoms with Crippen molar-refractivity contribution < 1.29 is 14.7 Å². The zero-order valence-corrected chi connectivity index (χ0v) is 10.8. The molecule has 96 valence electrons. The highest BCUT2D eigenvalue weighted by Gasteiger charge is 2.10. The molecule has 1 heterocycles. The standard InChI is InChI=1S/C12H14N2O3S/c1-2-5-18-7-11-13-12(17-14-11)8-3-4-9(15)10(16)6-8/h3-4,6,15-16H,2,5,7H2,1H3. The monoisotopic (exact) mass is 266 g/mol. The second kappa shape index (κ2) is 5.77. The number of phenolic OH excluding ortho intramolecular Hbond substituents is 2. The van der Waals surface area contributed by atoms with E-state index in [9.17, 15) is 10.2 Å². The van der Waals surface area contributed by atoms with Gasteiger partial charge >= 0.3 is 0 Å². The van der Waals surface area contributed by atoms with E-state index in [1.54, 1.807) is 17.8 Å². The Balaban J connectivity index is 2.11. The molecule has 5 nitrogen and oxygen atoms in total. The van der Waals surface area contributed by atoms with Crippen LogP contribution in [0.15, 0.2) is 22.7 Å². The maximum absolute atomic E-state index is 9.40. The van der Waals surface area contributed by atoms with Crippen molar-refractivity contribution >= 4 is 11.8 Å². The number of phenols is 2. The van der Waals surface area contributed by atoms with E-state index in [1.165, 1.54) is 12.1 Å². The van der Waals surface area contributed by atoms with Crippen LogP contribution >= 0.6 is 11.8 Å². The summed E-state index contributed by atoms with van der Waals surface area (Å²) in [4.78, 5) is 4.23. The molecule has 0 fully saturated rings. The smallest absolute Gasteiger partial charge is 0.258 e. The van der Waals surface area contributed by atoms with Gasteiger partial charge < -0.3 is 14.7 Å². The minimum absolute atomic E-state index is 0.169. The Morgan fingerprint density at radius 3 is 2.83 bits per heavy atom. The van der Waals surface area contributed by atoms with E-state index in [4.69, 9.17) is 4.52 Å². The van der Waals surface area contributed by atoms with Gasteiger partial charge in [-0.2, -0.15) is 16.7 Å². The van der Waals surface area contributed by atoms with Gasteiger partial charge in [0.2, 0.25) is 0 Å². The summed E-state index contributed by atoms with van der Waals surface area (Å²) in [5.41, 5.74) is 0.588. The molecule has 18 heavy (non-hydrogen) atoms. The molecule has 0 aliphatic rings. The Morgan fingerprint density at radius 2 is 2.11 bits per heavy atom. The molecule has 0 unspecified atom stereocenters. The highest BCUT2D eigenvalue weighted by Crippen LogP contribution is 2.29. The number of rotatable bonds is 5. The number of aromatic hydroxyl groups is 2. The zero-order chi connectivity index (χ0) is 13.0. The van der Waals surface area contributed by atoms with Crippen LogP contribution in [0.2, 0.25) is 0 Å². The Morgan fingerprint density at radius 1 is 1.28 bits per heavy atom. The molecule has 0 bridgehead atoms. The predicted octanol–water partition coefficient (Wildman–Crippen LogP) is 2.79. The molecular formula is C12H14N2O3S. The van der Waals surface area contributed by atoms with Crippen LogP contribution in [0.1, 0.15) is 19.2 Å². The molecule has 2 aromatic rings. The Bertz CT molecular complexity index is 528. The average molecular weight is 266 g/mol. The molecule has 2 rings (SSSR count). The summed E-state index contributed by atoms with van der Waals surface area (Å²) in [5, 5.41) is 22.5. The van der Waals surface area contributed by atoms with E-state index in [1.807, 2.05) is 0 Å². The second-order valence-corrected chi connectivity index (χ2v) is 4.88. The molecule has 0 aliphatic carbocycles. The summed E-state index contributed by atoms with van der Waals surface area (Å²) in [6.45, 7) is 2.12. The van der Waals surface area contributed by atoms with Gasteiger partial charge in [0.1, 0.15) is 0 Å². The van der Waals surface area contributed by atoms with Gasteiger partial charge in [-0.05, 0) is 30.4 Å². The fourth-order valence-corrected chi connectivity index (χ4v) is 2.13. The van der Waals surface area contributed by atoms with Crippen LogP contribution in [-0.4, -0.2) is 26.1 Å². The van der Waals surface area contributed by atoms with E-state index in [0.29, 0.717) is 23.0 Å². The summed E-state index contributed by atoms with van der Waals surface area (Å²) in [6.07, 6.45) is 1.11. The van der Waals surface area contributed by atoms with Crippen molar-refractivity contribution in [1.82, 2.24) is 10.1 Å². The van der Waals surface area contributed by atoms with Gasteiger partial charge in [0, 0.05) is 5.56 Å². The van der Waals surface area contributed by atoms with E-state index in [-0.39, 0.29) is 11.5 Å². The van der Waals surface area contributed by atoms with Crippen LogP contribution < -0.4 is 0 Å². The second-order valence-electron chi connectivity index (χ2n) is 3.77.